The number of rotatable bonds is 5. The van der Waals surface area contributed by atoms with E-state index in [1.165, 1.54) is 12.3 Å². The van der Waals surface area contributed by atoms with Crippen LogP contribution in [0.5, 0.6) is 0 Å². The number of carbonyl (C=O) groups is 2. The Morgan fingerprint density at radius 3 is 2.29 bits per heavy atom. The maximum atomic E-state index is 14.1. The zero-order chi connectivity index (χ0) is 21.8. The van der Waals surface area contributed by atoms with E-state index < -0.39 is 17.8 Å². The fourth-order valence-electron chi connectivity index (χ4n) is 3.07. The minimum absolute atomic E-state index is 0.188. The predicted molar refractivity (Wildman–Crippen MR) is 115 cm³/mol. The van der Waals surface area contributed by atoms with Crippen molar-refractivity contribution >= 4 is 23.3 Å². The van der Waals surface area contributed by atoms with E-state index in [0.29, 0.717) is 22.5 Å². The van der Waals surface area contributed by atoms with Gasteiger partial charge in [0.1, 0.15) is 5.82 Å². The van der Waals surface area contributed by atoms with Gasteiger partial charge in [-0.3, -0.25) is 4.79 Å². The Hall–Kier alpha value is -4.46. The quantitative estimate of drug-likeness (QED) is 0.430. The van der Waals surface area contributed by atoms with E-state index in [9.17, 15) is 14.0 Å². The maximum absolute atomic E-state index is 14.1. The number of urea groups is 1. The van der Waals surface area contributed by atoms with Crippen LogP contribution in [0.2, 0.25) is 0 Å². The van der Waals surface area contributed by atoms with Crippen LogP contribution >= 0.6 is 0 Å². The van der Waals surface area contributed by atoms with Crippen LogP contribution in [0.1, 0.15) is 10.4 Å². The molecule has 154 valence electrons. The first-order valence-corrected chi connectivity index (χ1v) is 9.29. The molecule has 4 N–H and O–H groups in total. The SMILES string of the molecule is NC(=O)Nc1cccc(NC(=O)c2ccccc2-c2ncc(-c3ccccc3F)o2)c1. The Bertz CT molecular complexity index is 1270. The number of hydrogen-bond donors (Lipinski definition) is 3. The van der Waals surface area contributed by atoms with Crippen molar-refractivity contribution in [1.82, 2.24) is 4.98 Å². The van der Waals surface area contributed by atoms with Gasteiger partial charge in [0.25, 0.3) is 5.91 Å². The van der Waals surface area contributed by atoms with E-state index in [-0.39, 0.29) is 17.2 Å². The van der Waals surface area contributed by atoms with Crippen molar-refractivity contribution in [3.63, 3.8) is 0 Å². The van der Waals surface area contributed by atoms with E-state index in [4.69, 9.17) is 10.2 Å². The lowest BCUT2D eigenvalue weighted by atomic mass is 10.1. The van der Waals surface area contributed by atoms with E-state index in [1.807, 2.05) is 0 Å². The molecule has 0 unspecified atom stereocenters. The summed E-state index contributed by atoms with van der Waals surface area (Å²) in [5, 5.41) is 5.22. The number of halogens is 1. The lowest BCUT2D eigenvalue weighted by Gasteiger charge is -2.10. The van der Waals surface area contributed by atoms with Gasteiger partial charge >= 0.3 is 6.03 Å². The van der Waals surface area contributed by atoms with Gasteiger partial charge in [-0.2, -0.15) is 0 Å². The summed E-state index contributed by atoms with van der Waals surface area (Å²) in [6.45, 7) is 0. The molecule has 0 aliphatic carbocycles. The molecule has 1 heterocycles. The Morgan fingerprint density at radius 1 is 0.871 bits per heavy atom. The fraction of sp³-hybridized carbons (Fsp3) is 0. The number of carbonyl (C=O) groups excluding carboxylic acids is 2. The highest BCUT2D eigenvalue weighted by molar-refractivity contribution is 6.08. The largest absolute Gasteiger partial charge is 0.436 e. The van der Waals surface area contributed by atoms with Crippen molar-refractivity contribution in [3.8, 4) is 22.8 Å². The first-order valence-electron chi connectivity index (χ1n) is 9.29. The van der Waals surface area contributed by atoms with Crippen molar-refractivity contribution in [2.75, 3.05) is 10.6 Å². The molecule has 0 aliphatic heterocycles. The molecule has 4 aromatic rings. The molecule has 0 saturated heterocycles. The van der Waals surface area contributed by atoms with Crippen LogP contribution in [0.4, 0.5) is 20.6 Å². The summed E-state index contributed by atoms with van der Waals surface area (Å²) in [6.07, 6.45) is 1.42. The molecule has 0 fully saturated rings. The molecule has 3 aromatic carbocycles. The second-order valence-corrected chi connectivity index (χ2v) is 6.58. The third-order valence-corrected chi connectivity index (χ3v) is 4.44. The third kappa shape index (κ3) is 4.43. The highest BCUT2D eigenvalue weighted by Crippen LogP contribution is 2.30. The topological polar surface area (TPSA) is 110 Å². The highest BCUT2D eigenvalue weighted by Gasteiger charge is 2.18. The average molecular weight is 416 g/mol. The Morgan fingerprint density at radius 2 is 1.55 bits per heavy atom. The zero-order valence-electron chi connectivity index (χ0n) is 16.1. The number of anilines is 2. The minimum atomic E-state index is -0.705. The van der Waals surface area contributed by atoms with E-state index in [1.54, 1.807) is 66.7 Å². The number of primary amides is 1. The first kappa shape index (κ1) is 19.8. The molecule has 0 saturated carbocycles. The van der Waals surface area contributed by atoms with Crippen molar-refractivity contribution in [2.24, 2.45) is 5.73 Å². The van der Waals surface area contributed by atoms with Gasteiger partial charge in [-0.25, -0.2) is 14.2 Å². The number of aromatic nitrogens is 1. The fourth-order valence-corrected chi connectivity index (χ4v) is 3.07. The van der Waals surface area contributed by atoms with Gasteiger partial charge in [0.2, 0.25) is 5.89 Å². The molecule has 8 heteroatoms. The summed E-state index contributed by atoms with van der Waals surface area (Å²) in [6, 6.07) is 18.8. The summed E-state index contributed by atoms with van der Waals surface area (Å²) in [7, 11) is 0. The normalized spacial score (nSPS) is 10.5. The summed E-state index contributed by atoms with van der Waals surface area (Å²) in [4.78, 5) is 28.2. The van der Waals surface area contributed by atoms with Gasteiger partial charge in [-0.05, 0) is 42.5 Å². The lowest BCUT2D eigenvalue weighted by Crippen LogP contribution is -2.19. The number of benzene rings is 3. The van der Waals surface area contributed by atoms with Crippen LogP contribution in [0, 0.1) is 5.82 Å². The predicted octanol–water partition coefficient (Wildman–Crippen LogP) is 4.89. The number of nitrogens with zero attached hydrogens (tertiary/aromatic N) is 1. The molecule has 3 amide bonds. The molecular weight excluding hydrogens is 399 g/mol. The summed E-state index contributed by atoms with van der Waals surface area (Å²) < 4.78 is 19.8. The van der Waals surface area contributed by atoms with Gasteiger partial charge in [-0.15, -0.1) is 0 Å². The van der Waals surface area contributed by atoms with E-state index in [0.717, 1.165) is 0 Å². The molecule has 4 rings (SSSR count). The molecule has 0 bridgehead atoms. The standard InChI is InChI=1S/C23H17FN4O3/c24-19-11-4-3-10-18(19)20-13-26-22(31-20)17-9-2-1-8-16(17)21(29)27-14-6-5-7-15(12-14)28-23(25)30/h1-13H,(H,27,29)(H3,25,28,30). The summed E-state index contributed by atoms with van der Waals surface area (Å²) >= 11 is 0. The van der Waals surface area contributed by atoms with Crippen molar-refractivity contribution < 1.29 is 18.4 Å². The number of nitrogens with two attached hydrogens (primary N) is 1. The second-order valence-electron chi connectivity index (χ2n) is 6.58. The highest BCUT2D eigenvalue weighted by atomic mass is 19.1. The van der Waals surface area contributed by atoms with Gasteiger partial charge in [-0.1, -0.05) is 30.3 Å². The Balaban J connectivity index is 1.62. The molecule has 0 spiro atoms. The van der Waals surface area contributed by atoms with Crippen molar-refractivity contribution in [2.45, 2.75) is 0 Å². The van der Waals surface area contributed by atoms with Gasteiger partial charge in [0.05, 0.1) is 17.3 Å². The van der Waals surface area contributed by atoms with Gasteiger partial charge in [0.15, 0.2) is 5.76 Å². The summed E-state index contributed by atoms with van der Waals surface area (Å²) in [5.74, 6) is -0.389. The van der Waals surface area contributed by atoms with Gasteiger partial charge < -0.3 is 20.8 Å². The molecule has 31 heavy (non-hydrogen) atoms. The zero-order valence-corrected chi connectivity index (χ0v) is 16.1. The third-order valence-electron chi connectivity index (χ3n) is 4.44. The molecular formula is C23H17FN4O3. The number of amides is 3. The van der Waals surface area contributed by atoms with Crippen LogP contribution in [-0.2, 0) is 0 Å². The minimum Gasteiger partial charge on any atom is -0.436 e. The van der Waals surface area contributed by atoms with Crippen LogP contribution in [0.15, 0.2) is 83.4 Å². The second kappa shape index (κ2) is 8.50. The smallest absolute Gasteiger partial charge is 0.316 e. The Labute approximate surface area is 176 Å². The van der Waals surface area contributed by atoms with Crippen LogP contribution in [-0.4, -0.2) is 16.9 Å². The van der Waals surface area contributed by atoms with Crippen LogP contribution < -0.4 is 16.4 Å². The lowest BCUT2D eigenvalue weighted by molar-refractivity contribution is 0.102. The van der Waals surface area contributed by atoms with E-state index >= 15 is 0 Å². The monoisotopic (exact) mass is 416 g/mol. The molecule has 0 radical (unpaired) electrons. The molecule has 7 nitrogen and oxygen atoms in total. The van der Waals surface area contributed by atoms with E-state index in [2.05, 4.69) is 15.6 Å². The molecule has 0 atom stereocenters. The summed E-state index contributed by atoms with van der Waals surface area (Å²) in [5.41, 5.74) is 7.08. The number of hydrogen-bond acceptors (Lipinski definition) is 4. The number of oxazole rings is 1. The molecule has 0 aliphatic rings. The maximum Gasteiger partial charge on any atom is 0.316 e. The van der Waals surface area contributed by atoms with Crippen LogP contribution in [0.3, 0.4) is 0 Å². The van der Waals surface area contributed by atoms with Gasteiger partial charge in [0, 0.05) is 16.9 Å². The first-order chi connectivity index (χ1) is 15.0. The Kier molecular flexibility index (Phi) is 5.44. The number of nitrogens with one attached hydrogen (secondary N) is 2. The van der Waals surface area contributed by atoms with Crippen LogP contribution in [0.25, 0.3) is 22.8 Å². The van der Waals surface area contributed by atoms with Crippen molar-refractivity contribution in [1.29, 1.82) is 0 Å². The van der Waals surface area contributed by atoms with Crippen molar-refractivity contribution in [3.05, 3.63) is 90.4 Å². The molecule has 1 aromatic heterocycles. The average Bonchev–Trinajstić information content (AvgIpc) is 3.24.